The summed E-state index contributed by atoms with van der Waals surface area (Å²) in [7, 11) is 0. The Morgan fingerprint density at radius 1 is 1.22 bits per heavy atom. The molecule has 0 spiro atoms. The van der Waals surface area contributed by atoms with Crippen molar-refractivity contribution in [2.45, 2.75) is 6.04 Å². The molecule has 0 saturated carbocycles. The first-order chi connectivity index (χ1) is 11.3. The third-order valence-electron chi connectivity index (χ3n) is 4.78. The van der Waals surface area contributed by atoms with Crippen LogP contribution >= 0.6 is 0 Å². The minimum Gasteiger partial charge on any atom is -0.349 e. The first-order valence-corrected chi connectivity index (χ1v) is 8.15. The minimum absolute atomic E-state index is 0.0858. The van der Waals surface area contributed by atoms with Gasteiger partial charge in [-0.05, 0) is 6.07 Å². The van der Waals surface area contributed by atoms with Crippen LogP contribution in [-0.2, 0) is 0 Å². The Hall–Kier alpha value is -2.18. The van der Waals surface area contributed by atoms with E-state index in [1.807, 2.05) is 36.4 Å². The van der Waals surface area contributed by atoms with Crippen LogP contribution < -0.4 is 5.32 Å². The molecule has 120 valence electrons. The van der Waals surface area contributed by atoms with Crippen molar-refractivity contribution in [1.29, 1.82) is 0 Å². The molecule has 1 aromatic carbocycles. The lowest BCUT2D eigenvalue weighted by Crippen LogP contribution is -2.63. The highest BCUT2D eigenvalue weighted by atomic mass is 16.1. The maximum atomic E-state index is 12.3. The fourth-order valence-corrected chi connectivity index (χ4v) is 3.42. The summed E-state index contributed by atoms with van der Waals surface area (Å²) in [6.45, 7) is 6.29. The number of aromatic amines is 1. The van der Waals surface area contributed by atoms with Crippen molar-refractivity contribution in [2.75, 3.05) is 39.3 Å². The number of piperazine rings is 3. The van der Waals surface area contributed by atoms with Crippen molar-refractivity contribution in [2.24, 2.45) is 0 Å². The van der Waals surface area contributed by atoms with E-state index in [0.717, 1.165) is 44.0 Å². The molecule has 3 aliphatic heterocycles. The van der Waals surface area contributed by atoms with Gasteiger partial charge in [-0.15, -0.1) is 0 Å². The normalized spacial score (nSPS) is 26.2. The van der Waals surface area contributed by atoms with Crippen molar-refractivity contribution < 1.29 is 4.79 Å². The zero-order valence-electron chi connectivity index (χ0n) is 13.0. The van der Waals surface area contributed by atoms with Crippen LogP contribution in [0, 0.1) is 0 Å². The Kier molecular flexibility index (Phi) is 3.85. The number of carbonyl (C=O) groups is 1. The predicted octanol–water partition coefficient (Wildman–Crippen LogP) is 0.806. The molecule has 3 aliphatic rings. The summed E-state index contributed by atoms with van der Waals surface area (Å²) in [4.78, 5) is 17.3. The smallest absolute Gasteiger partial charge is 0.269 e. The van der Waals surface area contributed by atoms with E-state index >= 15 is 0 Å². The number of hydrogen-bond donors (Lipinski definition) is 2. The molecule has 4 heterocycles. The molecule has 6 nitrogen and oxygen atoms in total. The van der Waals surface area contributed by atoms with Crippen LogP contribution in [0.4, 0.5) is 0 Å². The monoisotopic (exact) mass is 311 g/mol. The van der Waals surface area contributed by atoms with Crippen molar-refractivity contribution >= 4 is 5.91 Å². The molecule has 5 rings (SSSR count). The van der Waals surface area contributed by atoms with E-state index in [9.17, 15) is 4.79 Å². The number of nitrogens with one attached hydrogen (secondary N) is 2. The number of carbonyl (C=O) groups excluding carboxylic acids is 1. The molecule has 3 saturated heterocycles. The van der Waals surface area contributed by atoms with Gasteiger partial charge in [0, 0.05) is 50.9 Å². The largest absolute Gasteiger partial charge is 0.349 e. The fourth-order valence-electron chi connectivity index (χ4n) is 3.42. The van der Waals surface area contributed by atoms with Crippen LogP contribution in [0.25, 0.3) is 11.3 Å². The van der Waals surface area contributed by atoms with Gasteiger partial charge >= 0.3 is 0 Å². The number of benzene rings is 1. The molecule has 0 aliphatic carbocycles. The number of hydrogen-bond acceptors (Lipinski definition) is 4. The van der Waals surface area contributed by atoms with Crippen LogP contribution in [0.15, 0.2) is 36.4 Å². The van der Waals surface area contributed by atoms with E-state index in [2.05, 4.69) is 25.3 Å². The van der Waals surface area contributed by atoms with Crippen molar-refractivity contribution in [3.63, 3.8) is 0 Å². The summed E-state index contributed by atoms with van der Waals surface area (Å²) in [5.74, 6) is -0.0858. The average molecular weight is 311 g/mol. The highest BCUT2D eigenvalue weighted by Crippen LogP contribution is 2.17. The average Bonchev–Trinajstić information content (AvgIpc) is 3.12. The third kappa shape index (κ3) is 3.00. The van der Waals surface area contributed by atoms with Gasteiger partial charge in [-0.3, -0.25) is 19.7 Å². The molecule has 1 amide bonds. The van der Waals surface area contributed by atoms with E-state index in [1.165, 1.54) is 0 Å². The van der Waals surface area contributed by atoms with Crippen LogP contribution in [0.1, 0.15) is 10.5 Å². The van der Waals surface area contributed by atoms with E-state index in [-0.39, 0.29) is 5.91 Å². The van der Waals surface area contributed by atoms with Crippen molar-refractivity contribution in [1.82, 2.24) is 25.3 Å². The van der Waals surface area contributed by atoms with E-state index < -0.39 is 0 Å². The van der Waals surface area contributed by atoms with Crippen molar-refractivity contribution in [3.05, 3.63) is 42.1 Å². The third-order valence-corrected chi connectivity index (χ3v) is 4.78. The van der Waals surface area contributed by atoms with Crippen LogP contribution in [-0.4, -0.2) is 71.2 Å². The molecule has 6 heteroatoms. The zero-order valence-corrected chi connectivity index (χ0v) is 13.0. The van der Waals surface area contributed by atoms with Gasteiger partial charge in [0.15, 0.2) is 0 Å². The van der Waals surface area contributed by atoms with E-state index in [0.29, 0.717) is 18.3 Å². The van der Waals surface area contributed by atoms with Gasteiger partial charge in [0.25, 0.3) is 5.91 Å². The highest BCUT2D eigenvalue weighted by molar-refractivity contribution is 5.93. The summed E-state index contributed by atoms with van der Waals surface area (Å²) in [6, 6.07) is 12.1. The summed E-state index contributed by atoms with van der Waals surface area (Å²) >= 11 is 0. The Bertz CT molecular complexity index is 675. The number of fused-ring (bicyclic) bond motifs is 3. The molecular formula is C17H21N5O. The van der Waals surface area contributed by atoms with E-state index in [1.54, 1.807) is 0 Å². The summed E-state index contributed by atoms with van der Waals surface area (Å²) in [5.41, 5.74) is 2.31. The number of nitrogens with zero attached hydrogens (tertiary/aromatic N) is 3. The standard InChI is InChI=1S/C17H21N5O/c23-17(18-11-14-12-21-6-8-22(14)9-7-21)16-10-15(19-20-16)13-4-2-1-3-5-13/h1-5,10,14H,6-9,11-12H2,(H,18,23)(H,19,20). The summed E-state index contributed by atoms with van der Waals surface area (Å²) < 4.78 is 0. The molecule has 3 fully saturated rings. The molecule has 2 N–H and O–H groups in total. The van der Waals surface area contributed by atoms with Gasteiger partial charge in [-0.1, -0.05) is 30.3 Å². The second kappa shape index (κ2) is 6.14. The number of H-pyrrole nitrogens is 1. The maximum absolute atomic E-state index is 12.3. The van der Waals surface area contributed by atoms with E-state index in [4.69, 9.17) is 0 Å². The lowest BCUT2D eigenvalue weighted by atomic mass is 10.1. The lowest BCUT2D eigenvalue weighted by Gasteiger charge is -2.47. The lowest BCUT2D eigenvalue weighted by molar-refractivity contribution is 0.0138. The zero-order chi connectivity index (χ0) is 15.6. The first-order valence-electron chi connectivity index (χ1n) is 8.15. The van der Waals surface area contributed by atoms with Crippen LogP contribution in [0.2, 0.25) is 0 Å². The second-order valence-corrected chi connectivity index (χ2v) is 6.23. The molecule has 0 radical (unpaired) electrons. The predicted molar refractivity (Wildman–Crippen MR) is 88.2 cm³/mol. The van der Waals surface area contributed by atoms with Gasteiger partial charge in [0.05, 0.1) is 5.69 Å². The van der Waals surface area contributed by atoms with Crippen LogP contribution in [0.5, 0.6) is 0 Å². The van der Waals surface area contributed by atoms with Gasteiger partial charge < -0.3 is 5.32 Å². The van der Waals surface area contributed by atoms with Gasteiger partial charge in [0.2, 0.25) is 0 Å². The fraction of sp³-hybridized carbons (Fsp3) is 0.412. The number of rotatable bonds is 4. The van der Waals surface area contributed by atoms with Crippen molar-refractivity contribution in [3.8, 4) is 11.3 Å². The summed E-state index contributed by atoms with van der Waals surface area (Å²) in [6.07, 6.45) is 0. The Morgan fingerprint density at radius 2 is 2.00 bits per heavy atom. The molecule has 1 aromatic heterocycles. The maximum Gasteiger partial charge on any atom is 0.269 e. The molecule has 23 heavy (non-hydrogen) atoms. The second-order valence-electron chi connectivity index (χ2n) is 6.23. The van der Waals surface area contributed by atoms with Gasteiger partial charge in [0.1, 0.15) is 5.69 Å². The van der Waals surface area contributed by atoms with Crippen LogP contribution in [0.3, 0.4) is 0 Å². The molecule has 2 aromatic rings. The topological polar surface area (TPSA) is 64.3 Å². The number of amides is 1. The van der Waals surface area contributed by atoms with Gasteiger partial charge in [-0.25, -0.2) is 0 Å². The number of aromatic nitrogens is 2. The quantitative estimate of drug-likeness (QED) is 0.877. The SMILES string of the molecule is O=C(NCC1CN2CCN1CC2)c1cc(-c2ccccc2)n[nH]1. The minimum atomic E-state index is -0.0858. The molecule has 1 unspecified atom stereocenters. The molecular weight excluding hydrogens is 290 g/mol. The first kappa shape index (κ1) is 14.4. The van der Waals surface area contributed by atoms with Gasteiger partial charge in [-0.2, -0.15) is 5.10 Å². The summed E-state index contributed by atoms with van der Waals surface area (Å²) in [5, 5.41) is 10.1. The molecule has 1 atom stereocenters. The Morgan fingerprint density at radius 3 is 2.70 bits per heavy atom. The molecule has 2 bridgehead atoms. The Labute approximate surface area is 135 Å². The highest BCUT2D eigenvalue weighted by Gasteiger charge is 2.31. The Balaban J connectivity index is 1.37.